The summed E-state index contributed by atoms with van der Waals surface area (Å²) in [4.78, 5) is 110. The van der Waals surface area contributed by atoms with E-state index in [2.05, 4.69) is 44.9 Å². The van der Waals surface area contributed by atoms with Crippen LogP contribution in [0.15, 0.2) is 60.7 Å². The second kappa shape index (κ2) is 28.9. The van der Waals surface area contributed by atoms with Gasteiger partial charge in [0.15, 0.2) is 0 Å². The first-order valence-corrected chi connectivity index (χ1v) is 24.6. The minimum Gasteiger partial charge on any atom is -0.363 e. The van der Waals surface area contributed by atoms with Crippen LogP contribution >= 0.6 is 0 Å². The minimum atomic E-state index is -5.39. The van der Waals surface area contributed by atoms with Gasteiger partial charge in [0.1, 0.15) is 37.4 Å². The summed E-state index contributed by atoms with van der Waals surface area (Å²) < 4.78 is 94.5. The van der Waals surface area contributed by atoms with Crippen molar-refractivity contribution >= 4 is 47.3 Å². The molecule has 76 heavy (non-hydrogen) atoms. The molecule has 2 aromatic rings. The number of ether oxygens (including phenoxy) is 2. The quantitative estimate of drug-likeness (QED) is 0.0988. The standard InChI is InChI=1S/C52H64F6N8O10/c1-33(59-5)43(67)61-41(47(71)63-27-17-23-39(63)45(69)65(49(73)51(53,54)55)29-25-37-19-11-9-12-20-37)35(3)75-31-15-7-8-16-32-76-36(4)42(62-44(68)34(2)60-6)48(72)64-28-18-24-40(64)46(70)66(50(74)52(56,57)58)30-26-38-21-13-10-14-22-38/h9-14,19-22,33-36,39-42,59-60H,17-18,23-32H2,1-6H3,(H,61,67)(H,62,68)/t33-,34-,35-,36+,39+,40+,41+,42+/m1/s1. The number of hydrogen-bond donors (Lipinski definition) is 4. The summed E-state index contributed by atoms with van der Waals surface area (Å²) in [6.45, 7) is 3.77. The van der Waals surface area contributed by atoms with E-state index in [4.69, 9.17) is 9.47 Å². The molecular weight excluding hydrogens is 1010 g/mol. The van der Waals surface area contributed by atoms with E-state index in [0.717, 1.165) is 9.80 Å². The van der Waals surface area contributed by atoms with Crippen LogP contribution in [0.5, 0.6) is 0 Å². The molecule has 4 N–H and O–H groups in total. The molecule has 18 nitrogen and oxygen atoms in total. The van der Waals surface area contributed by atoms with E-state index in [9.17, 15) is 64.7 Å². The van der Waals surface area contributed by atoms with Crippen molar-refractivity contribution in [3.63, 3.8) is 0 Å². The third-order valence-corrected chi connectivity index (χ3v) is 12.9. The second-order valence-electron chi connectivity index (χ2n) is 18.1. The van der Waals surface area contributed by atoms with Gasteiger partial charge in [-0.2, -0.15) is 26.3 Å². The van der Waals surface area contributed by atoms with Crippen LogP contribution in [0.2, 0.25) is 0 Å². The Morgan fingerprint density at radius 2 is 0.934 bits per heavy atom. The fourth-order valence-corrected chi connectivity index (χ4v) is 8.27. The van der Waals surface area contributed by atoms with Crippen molar-refractivity contribution in [1.29, 1.82) is 0 Å². The molecule has 0 spiro atoms. The molecule has 2 heterocycles. The maximum Gasteiger partial charge on any atom is 0.471 e. The number of imide groups is 2. The average molecular weight is 1080 g/mol. The molecule has 0 aromatic heterocycles. The smallest absolute Gasteiger partial charge is 0.363 e. The predicted octanol–water partition coefficient (Wildman–Crippen LogP) is 2.29. The number of nitrogens with zero attached hydrogens (tertiary/aromatic N) is 4. The van der Waals surface area contributed by atoms with Gasteiger partial charge in [0.05, 0.1) is 24.3 Å². The van der Waals surface area contributed by atoms with Crippen LogP contribution in [0.3, 0.4) is 0 Å². The lowest BCUT2D eigenvalue weighted by molar-refractivity contribution is -0.189. The van der Waals surface area contributed by atoms with Crippen LogP contribution in [0.4, 0.5) is 26.3 Å². The molecule has 24 heteroatoms. The van der Waals surface area contributed by atoms with Crippen molar-refractivity contribution in [2.45, 2.75) is 127 Å². The van der Waals surface area contributed by atoms with E-state index in [1.807, 2.05) is 0 Å². The highest BCUT2D eigenvalue weighted by Gasteiger charge is 2.50. The summed E-state index contributed by atoms with van der Waals surface area (Å²) in [6.07, 6.45) is -12.9. The van der Waals surface area contributed by atoms with Gasteiger partial charge in [0.2, 0.25) is 23.6 Å². The Hall–Kier alpha value is -6.86. The van der Waals surface area contributed by atoms with Crippen LogP contribution in [0, 0.1) is 23.7 Å². The molecule has 0 aliphatic carbocycles. The summed E-state index contributed by atoms with van der Waals surface area (Å²) in [5, 5.41) is 10.6. The average Bonchev–Trinajstić information content (AvgIpc) is 4.11. The number of carbonyl (C=O) groups excluding carboxylic acids is 8. The molecule has 4 rings (SSSR count). The molecule has 2 aliphatic heterocycles. The fourth-order valence-electron chi connectivity index (χ4n) is 8.27. The number of hydrogen-bond acceptors (Lipinski definition) is 12. The van der Waals surface area contributed by atoms with Gasteiger partial charge in [0, 0.05) is 26.2 Å². The predicted molar refractivity (Wildman–Crippen MR) is 263 cm³/mol. The van der Waals surface area contributed by atoms with Crippen LogP contribution < -0.4 is 21.3 Å². The first-order chi connectivity index (χ1) is 35.9. The summed E-state index contributed by atoms with van der Waals surface area (Å²) in [7, 11) is 2.99. The van der Waals surface area contributed by atoms with E-state index in [1.165, 1.54) is 41.8 Å². The Labute approximate surface area is 437 Å². The number of amides is 8. The number of likely N-dealkylation sites (N-methyl/N-ethyl adjacent to an activating group) is 2. The Morgan fingerprint density at radius 1 is 0.592 bits per heavy atom. The summed E-state index contributed by atoms with van der Waals surface area (Å²) in [5.74, 6) is 0.106. The fraction of sp³-hybridized carbons (Fsp3) is 0.538. The SMILES string of the molecule is CN[C@H](C)C(=O)N[C@H](C(=O)N1CCC[C@H]1C(=O)N(CCc1ccccc1)C(=O)C(F)(F)F)[C@H](C)OCC#CC#CCO[C@H](C)[C@H](NC(=O)[C@@H](C)NC)C(=O)N1CCC[C@H]1C(=O)N(CCc1ccccc1)C(=O)C(F)(F)F. The monoisotopic (exact) mass is 1070 g/mol. The number of rotatable bonds is 22. The zero-order valence-electron chi connectivity index (χ0n) is 43.0. The Balaban J connectivity index is 1.45. The molecule has 2 saturated heterocycles. The highest BCUT2D eigenvalue weighted by Crippen LogP contribution is 2.28. The minimum absolute atomic E-state index is 0.0552. The van der Waals surface area contributed by atoms with Gasteiger partial charge >= 0.3 is 24.2 Å². The number of halogens is 6. The molecular formula is C52H64F6N8O10. The molecule has 8 atom stereocenters. The van der Waals surface area contributed by atoms with Crippen LogP contribution in [0.25, 0.3) is 0 Å². The zero-order valence-corrected chi connectivity index (χ0v) is 43.0. The highest BCUT2D eigenvalue weighted by atomic mass is 19.4. The summed E-state index contributed by atoms with van der Waals surface area (Å²) >= 11 is 0. The largest absolute Gasteiger partial charge is 0.471 e. The highest BCUT2D eigenvalue weighted by molar-refractivity contribution is 6.03. The first-order valence-electron chi connectivity index (χ1n) is 24.6. The van der Waals surface area contributed by atoms with Gasteiger partial charge < -0.3 is 40.5 Å². The maximum absolute atomic E-state index is 14.2. The molecule has 0 saturated carbocycles. The van der Waals surface area contributed by atoms with Gasteiger partial charge in [-0.25, -0.2) is 0 Å². The van der Waals surface area contributed by atoms with E-state index < -0.39 is 121 Å². The Bertz CT molecular complexity index is 2310. The number of carbonyl (C=O) groups is 8. The van der Waals surface area contributed by atoms with Gasteiger partial charge in [-0.15, -0.1) is 0 Å². The lowest BCUT2D eigenvalue weighted by atomic mass is 10.1. The van der Waals surface area contributed by atoms with Crippen molar-refractivity contribution in [2.75, 3.05) is 53.5 Å². The van der Waals surface area contributed by atoms with Gasteiger partial charge in [-0.3, -0.25) is 48.2 Å². The topological polar surface area (TPSA) is 216 Å². The van der Waals surface area contributed by atoms with Crippen molar-refractivity contribution in [2.24, 2.45) is 0 Å². The molecule has 2 aromatic carbocycles. The van der Waals surface area contributed by atoms with Crippen LogP contribution in [-0.2, 0) is 60.7 Å². The molecule has 0 radical (unpaired) electrons. The zero-order chi connectivity index (χ0) is 56.3. The van der Waals surface area contributed by atoms with Crippen LogP contribution in [0.1, 0.15) is 64.5 Å². The maximum atomic E-state index is 14.2. The second-order valence-corrected chi connectivity index (χ2v) is 18.1. The van der Waals surface area contributed by atoms with Crippen molar-refractivity contribution in [3.8, 4) is 23.7 Å². The summed E-state index contributed by atoms with van der Waals surface area (Å²) in [6, 6.07) is 9.01. The molecule has 0 unspecified atom stereocenters. The van der Waals surface area contributed by atoms with Crippen molar-refractivity contribution in [3.05, 3.63) is 71.8 Å². The lowest BCUT2D eigenvalue weighted by Crippen LogP contribution is -2.60. The Morgan fingerprint density at radius 3 is 1.25 bits per heavy atom. The number of benzene rings is 2. The lowest BCUT2D eigenvalue weighted by Gasteiger charge is -2.33. The number of alkyl halides is 6. The van der Waals surface area contributed by atoms with E-state index in [0.29, 0.717) is 11.1 Å². The van der Waals surface area contributed by atoms with Crippen molar-refractivity contribution in [1.82, 2.24) is 40.9 Å². The van der Waals surface area contributed by atoms with E-state index >= 15 is 0 Å². The first kappa shape index (κ1) is 61.7. The Kier molecular flexibility index (Phi) is 23.4. The number of nitrogens with one attached hydrogen (secondary N) is 4. The van der Waals surface area contributed by atoms with Gasteiger partial charge in [-0.1, -0.05) is 72.5 Å². The molecule has 414 valence electrons. The van der Waals surface area contributed by atoms with E-state index in [-0.39, 0.29) is 74.6 Å². The van der Waals surface area contributed by atoms with Gasteiger partial charge in [0.25, 0.3) is 11.8 Å². The third kappa shape index (κ3) is 17.3. The van der Waals surface area contributed by atoms with Crippen LogP contribution in [-0.4, -0.2) is 181 Å². The van der Waals surface area contributed by atoms with Gasteiger partial charge in [-0.05, 0) is 103 Å². The summed E-state index contributed by atoms with van der Waals surface area (Å²) in [5.41, 5.74) is 1.14. The normalized spacial score (nSPS) is 17.8. The molecule has 8 amide bonds. The number of likely N-dealkylation sites (tertiary alicyclic amines) is 2. The molecule has 2 fully saturated rings. The third-order valence-electron chi connectivity index (χ3n) is 12.9. The molecule has 0 bridgehead atoms. The van der Waals surface area contributed by atoms with E-state index in [1.54, 1.807) is 60.7 Å². The van der Waals surface area contributed by atoms with Crippen molar-refractivity contribution < 1.29 is 74.2 Å². The molecule has 2 aliphatic rings.